The number of carbonyl (C=O) groups excluding carboxylic acids is 1. The van der Waals surface area contributed by atoms with Gasteiger partial charge in [-0.3, -0.25) is 4.79 Å². The molecule has 0 amide bonds. The van der Waals surface area contributed by atoms with E-state index in [9.17, 15) is 4.79 Å². The second kappa shape index (κ2) is 8.88. The molecule has 0 fully saturated rings. The van der Waals surface area contributed by atoms with Gasteiger partial charge in [-0.2, -0.15) is 0 Å². The average molecular weight is 354 g/mol. The van der Waals surface area contributed by atoms with Gasteiger partial charge in [-0.05, 0) is 37.8 Å². The molecule has 2 aromatic rings. The lowest BCUT2D eigenvalue weighted by atomic mass is 10.0. The van der Waals surface area contributed by atoms with E-state index in [0.717, 1.165) is 5.75 Å². The van der Waals surface area contributed by atoms with E-state index in [1.165, 1.54) is 0 Å². The topological polar surface area (TPSA) is 35.5 Å². The molecule has 2 unspecified atom stereocenters. The molecule has 0 aliphatic rings. The number of ether oxygens (including phenoxy) is 2. The van der Waals surface area contributed by atoms with Crippen molar-refractivity contribution < 1.29 is 14.3 Å². The van der Waals surface area contributed by atoms with Crippen LogP contribution >= 0.6 is 0 Å². The molecule has 0 saturated heterocycles. The number of rotatable bonds is 8. The molecule has 0 aromatic heterocycles. The fraction of sp³-hybridized carbons (Fsp3) is 0.435. The first-order chi connectivity index (χ1) is 12.3. The van der Waals surface area contributed by atoms with E-state index in [0.29, 0.717) is 28.7 Å². The van der Waals surface area contributed by atoms with Gasteiger partial charge in [0.1, 0.15) is 11.5 Å². The average Bonchev–Trinajstić information content (AvgIpc) is 2.62. The smallest absolute Gasteiger partial charge is 0.196 e. The molecular formula is C23H30O3. The molecule has 3 nitrogen and oxygen atoms in total. The van der Waals surface area contributed by atoms with Gasteiger partial charge in [0.25, 0.3) is 0 Å². The van der Waals surface area contributed by atoms with Crippen LogP contribution in [0.3, 0.4) is 0 Å². The Morgan fingerprint density at radius 3 is 1.92 bits per heavy atom. The second-order valence-corrected chi connectivity index (χ2v) is 7.49. The second-order valence-electron chi connectivity index (χ2n) is 7.49. The Bertz CT molecular complexity index is 719. The minimum atomic E-state index is -0.0417. The minimum Gasteiger partial charge on any atom is -0.490 e. The summed E-state index contributed by atoms with van der Waals surface area (Å²) >= 11 is 0. The van der Waals surface area contributed by atoms with E-state index in [1.807, 2.05) is 56.3 Å². The highest BCUT2D eigenvalue weighted by atomic mass is 16.5. The monoisotopic (exact) mass is 354 g/mol. The molecule has 3 heteroatoms. The number of ketones is 1. The van der Waals surface area contributed by atoms with Gasteiger partial charge in [0.2, 0.25) is 0 Å². The lowest BCUT2D eigenvalue weighted by molar-refractivity contribution is 0.102. The van der Waals surface area contributed by atoms with Crippen LogP contribution in [-0.2, 0) is 0 Å². The summed E-state index contributed by atoms with van der Waals surface area (Å²) in [5.41, 5.74) is 1.21. The first-order valence-corrected chi connectivity index (χ1v) is 9.36. The van der Waals surface area contributed by atoms with Crippen molar-refractivity contribution >= 4 is 5.78 Å². The van der Waals surface area contributed by atoms with Crippen molar-refractivity contribution in [2.75, 3.05) is 0 Å². The van der Waals surface area contributed by atoms with E-state index in [1.54, 1.807) is 6.07 Å². The van der Waals surface area contributed by atoms with Crippen LogP contribution in [0.2, 0.25) is 0 Å². The standard InChI is InChI=1S/C23H30O3/c1-15(2)17(5)25-20-12-13-21(22(14-20)26-18(6)16(3)4)23(24)19-10-8-7-9-11-19/h7-18H,1-6H3. The molecule has 0 radical (unpaired) electrons. The van der Waals surface area contributed by atoms with Gasteiger partial charge >= 0.3 is 0 Å². The Kier molecular flexibility index (Phi) is 6.84. The molecule has 0 aliphatic carbocycles. The predicted molar refractivity (Wildman–Crippen MR) is 106 cm³/mol. The van der Waals surface area contributed by atoms with Gasteiger partial charge in [0.05, 0.1) is 17.8 Å². The summed E-state index contributed by atoms with van der Waals surface area (Å²) in [7, 11) is 0. The third-order valence-electron chi connectivity index (χ3n) is 4.75. The van der Waals surface area contributed by atoms with Crippen molar-refractivity contribution in [2.45, 2.75) is 53.8 Å². The van der Waals surface area contributed by atoms with Gasteiger partial charge in [-0.15, -0.1) is 0 Å². The molecule has 0 heterocycles. The Morgan fingerprint density at radius 1 is 0.769 bits per heavy atom. The molecule has 2 atom stereocenters. The van der Waals surface area contributed by atoms with E-state index in [2.05, 4.69) is 27.7 Å². The number of hydrogen-bond acceptors (Lipinski definition) is 3. The van der Waals surface area contributed by atoms with Crippen molar-refractivity contribution in [3.8, 4) is 11.5 Å². The number of hydrogen-bond donors (Lipinski definition) is 0. The van der Waals surface area contributed by atoms with Crippen LogP contribution < -0.4 is 9.47 Å². The third kappa shape index (κ3) is 5.10. The van der Waals surface area contributed by atoms with Crippen LogP contribution in [-0.4, -0.2) is 18.0 Å². The maximum absolute atomic E-state index is 12.9. The van der Waals surface area contributed by atoms with Gasteiger partial charge in [-0.1, -0.05) is 58.0 Å². The molecule has 2 aromatic carbocycles. The zero-order valence-corrected chi connectivity index (χ0v) is 16.7. The lowest BCUT2D eigenvalue weighted by Gasteiger charge is -2.22. The summed E-state index contributed by atoms with van der Waals surface area (Å²) in [5, 5.41) is 0. The van der Waals surface area contributed by atoms with Crippen LogP contribution in [0.1, 0.15) is 57.5 Å². The van der Waals surface area contributed by atoms with Gasteiger partial charge < -0.3 is 9.47 Å². The molecule has 0 aliphatic heterocycles. The van der Waals surface area contributed by atoms with Crippen molar-refractivity contribution in [2.24, 2.45) is 11.8 Å². The van der Waals surface area contributed by atoms with Crippen molar-refractivity contribution in [1.82, 2.24) is 0 Å². The normalized spacial score (nSPS) is 13.5. The predicted octanol–water partition coefficient (Wildman–Crippen LogP) is 5.76. The summed E-state index contributed by atoms with van der Waals surface area (Å²) < 4.78 is 12.1. The van der Waals surface area contributed by atoms with Crippen LogP contribution in [0.4, 0.5) is 0 Å². The highest BCUT2D eigenvalue weighted by molar-refractivity contribution is 6.10. The molecular weight excluding hydrogens is 324 g/mol. The first-order valence-electron chi connectivity index (χ1n) is 9.36. The third-order valence-corrected chi connectivity index (χ3v) is 4.75. The number of carbonyl (C=O) groups is 1. The van der Waals surface area contributed by atoms with E-state index >= 15 is 0 Å². The van der Waals surface area contributed by atoms with Crippen LogP contribution in [0, 0.1) is 11.8 Å². The zero-order chi connectivity index (χ0) is 19.3. The maximum atomic E-state index is 12.9. The Morgan fingerprint density at radius 2 is 1.35 bits per heavy atom. The van der Waals surface area contributed by atoms with Crippen molar-refractivity contribution in [3.05, 3.63) is 59.7 Å². The molecule has 0 saturated carbocycles. The first kappa shape index (κ1) is 20.0. The Labute approximate surface area is 157 Å². The SMILES string of the molecule is CC(C)C(C)Oc1ccc(C(=O)c2ccccc2)c(OC(C)C(C)C)c1. The van der Waals surface area contributed by atoms with Crippen LogP contribution in [0.15, 0.2) is 48.5 Å². The summed E-state index contributed by atoms with van der Waals surface area (Å²) in [6, 6.07) is 14.8. The summed E-state index contributed by atoms with van der Waals surface area (Å²) in [6.45, 7) is 12.5. The van der Waals surface area contributed by atoms with Gasteiger partial charge in [0.15, 0.2) is 5.78 Å². The van der Waals surface area contributed by atoms with E-state index in [4.69, 9.17) is 9.47 Å². The zero-order valence-electron chi connectivity index (χ0n) is 16.7. The van der Waals surface area contributed by atoms with Crippen molar-refractivity contribution in [1.29, 1.82) is 0 Å². The lowest BCUT2D eigenvalue weighted by Crippen LogP contribution is -2.21. The van der Waals surface area contributed by atoms with Gasteiger partial charge in [0, 0.05) is 11.6 Å². The highest BCUT2D eigenvalue weighted by Crippen LogP contribution is 2.30. The number of benzene rings is 2. The molecule has 26 heavy (non-hydrogen) atoms. The fourth-order valence-corrected chi connectivity index (χ4v) is 2.29. The quantitative estimate of drug-likeness (QED) is 0.565. The largest absolute Gasteiger partial charge is 0.490 e. The molecule has 140 valence electrons. The Hall–Kier alpha value is -2.29. The summed E-state index contributed by atoms with van der Waals surface area (Å²) in [6.07, 6.45) is 0.0798. The van der Waals surface area contributed by atoms with Gasteiger partial charge in [-0.25, -0.2) is 0 Å². The molecule has 2 rings (SSSR count). The Balaban J connectivity index is 2.38. The molecule has 0 spiro atoms. The summed E-state index contributed by atoms with van der Waals surface area (Å²) in [5.74, 6) is 2.00. The van der Waals surface area contributed by atoms with Crippen molar-refractivity contribution in [3.63, 3.8) is 0 Å². The molecule has 0 bridgehead atoms. The van der Waals surface area contributed by atoms with E-state index < -0.39 is 0 Å². The van der Waals surface area contributed by atoms with Crippen LogP contribution in [0.25, 0.3) is 0 Å². The van der Waals surface area contributed by atoms with Crippen LogP contribution in [0.5, 0.6) is 11.5 Å². The van der Waals surface area contributed by atoms with E-state index in [-0.39, 0.29) is 18.0 Å². The fourth-order valence-electron chi connectivity index (χ4n) is 2.29. The summed E-state index contributed by atoms with van der Waals surface area (Å²) in [4.78, 5) is 12.9. The molecule has 0 N–H and O–H groups in total. The maximum Gasteiger partial charge on any atom is 0.196 e. The highest BCUT2D eigenvalue weighted by Gasteiger charge is 2.19. The minimum absolute atomic E-state index is 0.00454.